The molecule has 1 aromatic carbocycles. The van der Waals surface area contributed by atoms with Gasteiger partial charge in [-0.25, -0.2) is 0 Å². The molecule has 0 amide bonds. The van der Waals surface area contributed by atoms with Crippen LogP contribution in [0.5, 0.6) is 5.75 Å². The number of aliphatic hydroxyl groups is 1. The summed E-state index contributed by atoms with van der Waals surface area (Å²) in [7, 11) is 0. The van der Waals surface area contributed by atoms with Gasteiger partial charge in [-0.3, -0.25) is 0 Å². The first-order chi connectivity index (χ1) is 9.55. The van der Waals surface area contributed by atoms with Crippen molar-refractivity contribution >= 4 is 0 Å². The molecule has 0 aromatic heterocycles. The van der Waals surface area contributed by atoms with Crippen LogP contribution in [0.3, 0.4) is 0 Å². The maximum absolute atomic E-state index is 12.5. The van der Waals surface area contributed by atoms with E-state index in [9.17, 15) is 13.9 Å². The summed E-state index contributed by atoms with van der Waals surface area (Å²) < 4.78 is 29.6. The number of hydrogen-bond donors (Lipinski definition) is 2. The van der Waals surface area contributed by atoms with Crippen LogP contribution in [0.2, 0.25) is 0 Å². The molecule has 0 radical (unpaired) electrons. The second-order valence-electron chi connectivity index (χ2n) is 5.49. The van der Waals surface area contributed by atoms with Gasteiger partial charge in [0.2, 0.25) is 0 Å². The van der Waals surface area contributed by atoms with Gasteiger partial charge < -0.3 is 15.2 Å². The fourth-order valence-electron chi connectivity index (χ4n) is 2.85. The Bertz CT molecular complexity index is 436. The second kappa shape index (κ2) is 6.50. The molecule has 1 aromatic rings. The molecule has 0 bridgehead atoms. The molecular formula is C15H21F2NO2. The number of halogens is 2. The fraction of sp³-hybridized carbons (Fsp3) is 0.600. The van der Waals surface area contributed by atoms with Crippen molar-refractivity contribution in [3.8, 4) is 5.75 Å². The Balaban J connectivity index is 2.24. The van der Waals surface area contributed by atoms with Gasteiger partial charge in [-0.15, -0.1) is 0 Å². The third-order valence-electron chi connectivity index (χ3n) is 3.89. The summed E-state index contributed by atoms with van der Waals surface area (Å²) in [6.45, 7) is -1.22. The van der Waals surface area contributed by atoms with Crippen molar-refractivity contribution in [1.29, 1.82) is 0 Å². The monoisotopic (exact) mass is 285 g/mol. The lowest BCUT2D eigenvalue weighted by Gasteiger charge is -2.34. The molecule has 1 aliphatic carbocycles. The molecule has 1 fully saturated rings. The number of aliphatic hydroxyl groups excluding tert-OH is 1. The SMILES string of the molecule is CC(CO)(NC1CCCC1)c1ccccc1OC(F)F. The summed E-state index contributed by atoms with van der Waals surface area (Å²) in [5, 5.41) is 13.1. The molecule has 5 heteroatoms. The van der Waals surface area contributed by atoms with Crippen molar-refractivity contribution in [2.75, 3.05) is 6.61 Å². The minimum Gasteiger partial charge on any atom is -0.434 e. The highest BCUT2D eigenvalue weighted by Crippen LogP contribution is 2.33. The molecule has 0 aliphatic heterocycles. The number of para-hydroxylation sites is 1. The largest absolute Gasteiger partial charge is 0.434 e. The topological polar surface area (TPSA) is 41.5 Å². The number of ether oxygens (including phenoxy) is 1. The predicted octanol–water partition coefficient (Wildman–Crippen LogP) is 3.03. The average molecular weight is 285 g/mol. The van der Waals surface area contributed by atoms with Crippen molar-refractivity contribution in [3.05, 3.63) is 29.8 Å². The standard InChI is InChI=1S/C15H21F2NO2/c1-15(10-19,18-11-6-2-3-7-11)12-8-4-5-9-13(12)20-14(16)17/h4-5,8-9,11,14,18-19H,2-3,6-7,10H2,1H3. The maximum Gasteiger partial charge on any atom is 0.387 e. The molecule has 1 unspecified atom stereocenters. The van der Waals surface area contributed by atoms with E-state index in [0.29, 0.717) is 11.6 Å². The van der Waals surface area contributed by atoms with Crippen LogP contribution in [0.4, 0.5) is 8.78 Å². The van der Waals surface area contributed by atoms with Crippen molar-refractivity contribution in [2.45, 2.75) is 50.8 Å². The van der Waals surface area contributed by atoms with Crippen LogP contribution in [-0.2, 0) is 5.54 Å². The number of alkyl halides is 2. The third-order valence-corrected chi connectivity index (χ3v) is 3.89. The van der Waals surface area contributed by atoms with E-state index in [1.54, 1.807) is 18.2 Å². The smallest absolute Gasteiger partial charge is 0.387 e. The van der Waals surface area contributed by atoms with E-state index < -0.39 is 12.2 Å². The minimum absolute atomic E-state index is 0.115. The number of hydrogen-bond acceptors (Lipinski definition) is 3. The van der Waals surface area contributed by atoms with Crippen molar-refractivity contribution in [3.63, 3.8) is 0 Å². The van der Waals surface area contributed by atoms with Crippen molar-refractivity contribution in [1.82, 2.24) is 5.32 Å². The highest BCUT2D eigenvalue weighted by molar-refractivity contribution is 5.39. The van der Waals surface area contributed by atoms with Crippen LogP contribution in [0.1, 0.15) is 38.2 Å². The van der Waals surface area contributed by atoms with Gasteiger partial charge >= 0.3 is 6.61 Å². The summed E-state index contributed by atoms with van der Waals surface area (Å²) >= 11 is 0. The van der Waals surface area contributed by atoms with E-state index in [2.05, 4.69) is 10.1 Å². The van der Waals surface area contributed by atoms with Crippen LogP contribution in [-0.4, -0.2) is 24.4 Å². The molecule has 2 N–H and O–H groups in total. The van der Waals surface area contributed by atoms with Gasteiger partial charge in [0.05, 0.1) is 12.1 Å². The molecule has 20 heavy (non-hydrogen) atoms. The summed E-state index contributed by atoms with van der Waals surface area (Å²) in [5.74, 6) is 0.115. The lowest BCUT2D eigenvalue weighted by Crippen LogP contribution is -2.47. The quantitative estimate of drug-likeness (QED) is 0.844. The van der Waals surface area contributed by atoms with Crippen LogP contribution < -0.4 is 10.1 Å². The Hall–Kier alpha value is -1.20. The number of benzene rings is 1. The first-order valence-corrected chi connectivity index (χ1v) is 6.98. The van der Waals surface area contributed by atoms with Crippen LogP contribution in [0.15, 0.2) is 24.3 Å². The molecule has 0 saturated heterocycles. The van der Waals surface area contributed by atoms with Gasteiger partial charge in [-0.05, 0) is 25.8 Å². The molecule has 1 atom stereocenters. The lowest BCUT2D eigenvalue weighted by atomic mass is 9.90. The average Bonchev–Trinajstić information content (AvgIpc) is 2.91. The van der Waals surface area contributed by atoms with Crippen molar-refractivity contribution in [2.24, 2.45) is 0 Å². The Morgan fingerprint density at radius 1 is 1.35 bits per heavy atom. The summed E-state index contributed by atoms with van der Waals surface area (Å²) in [4.78, 5) is 0. The zero-order valence-corrected chi connectivity index (χ0v) is 11.6. The van der Waals surface area contributed by atoms with Gasteiger partial charge in [-0.2, -0.15) is 8.78 Å². The predicted molar refractivity (Wildman–Crippen MR) is 72.9 cm³/mol. The molecule has 2 rings (SSSR count). The van der Waals surface area contributed by atoms with Gasteiger partial charge in [0.15, 0.2) is 0 Å². The fourth-order valence-corrected chi connectivity index (χ4v) is 2.85. The van der Waals surface area contributed by atoms with E-state index in [1.165, 1.54) is 6.07 Å². The Labute approximate surface area is 117 Å². The summed E-state index contributed by atoms with van der Waals surface area (Å²) in [6.07, 6.45) is 4.42. The van der Waals surface area contributed by atoms with Crippen molar-refractivity contribution < 1.29 is 18.6 Å². The Morgan fingerprint density at radius 3 is 2.60 bits per heavy atom. The molecule has 112 valence electrons. The highest BCUT2D eigenvalue weighted by atomic mass is 19.3. The maximum atomic E-state index is 12.5. The first-order valence-electron chi connectivity index (χ1n) is 6.98. The van der Waals surface area contributed by atoms with E-state index in [1.807, 2.05) is 6.92 Å². The first kappa shape index (κ1) is 15.2. The van der Waals surface area contributed by atoms with E-state index in [-0.39, 0.29) is 12.4 Å². The Kier molecular flexibility index (Phi) is 4.94. The summed E-state index contributed by atoms with van der Waals surface area (Å²) in [6, 6.07) is 6.94. The summed E-state index contributed by atoms with van der Waals surface area (Å²) in [5.41, 5.74) is -0.213. The normalized spacial score (nSPS) is 19.2. The minimum atomic E-state index is -2.87. The molecule has 1 saturated carbocycles. The number of nitrogens with one attached hydrogen (secondary N) is 1. The van der Waals surface area contributed by atoms with Gasteiger partial charge in [0.25, 0.3) is 0 Å². The molecule has 0 heterocycles. The second-order valence-corrected chi connectivity index (χ2v) is 5.49. The van der Waals surface area contributed by atoms with E-state index in [4.69, 9.17) is 0 Å². The molecular weight excluding hydrogens is 264 g/mol. The number of rotatable bonds is 6. The lowest BCUT2D eigenvalue weighted by molar-refractivity contribution is -0.0516. The highest BCUT2D eigenvalue weighted by Gasteiger charge is 2.32. The van der Waals surface area contributed by atoms with Gasteiger partial charge in [0, 0.05) is 11.6 Å². The van der Waals surface area contributed by atoms with E-state index in [0.717, 1.165) is 25.7 Å². The van der Waals surface area contributed by atoms with E-state index >= 15 is 0 Å². The van der Waals surface area contributed by atoms with Gasteiger partial charge in [0.1, 0.15) is 5.75 Å². The molecule has 3 nitrogen and oxygen atoms in total. The van der Waals surface area contributed by atoms with Crippen LogP contribution >= 0.6 is 0 Å². The van der Waals surface area contributed by atoms with Crippen LogP contribution in [0, 0.1) is 0 Å². The van der Waals surface area contributed by atoms with Gasteiger partial charge in [-0.1, -0.05) is 31.0 Å². The van der Waals surface area contributed by atoms with Crippen LogP contribution in [0.25, 0.3) is 0 Å². The zero-order valence-electron chi connectivity index (χ0n) is 11.6. The Morgan fingerprint density at radius 2 is 2.00 bits per heavy atom. The zero-order chi connectivity index (χ0) is 14.6. The third kappa shape index (κ3) is 3.46. The molecule has 0 spiro atoms. The molecule has 1 aliphatic rings.